The van der Waals surface area contributed by atoms with Crippen molar-refractivity contribution in [3.63, 3.8) is 0 Å². The smallest absolute Gasteiger partial charge is 0.252 e. The number of hydrogen-bond acceptors (Lipinski definition) is 4. The molecule has 144 valence electrons. The predicted octanol–water partition coefficient (Wildman–Crippen LogP) is 4.59. The number of carbonyl (C=O) groups is 1. The molecule has 0 aliphatic rings. The van der Waals surface area contributed by atoms with Crippen LogP contribution in [-0.4, -0.2) is 24.0 Å². The Morgan fingerprint density at radius 1 is 1.04 bits per heavy atom. The Balaban J connectivity index is 1.56. The van der Waals surface area contributed by atoms with Crippen molar-refractivity contribution in [2.45, 2.75) is 19.8 Å². The van der Waals surface area contributed by atoms with Crippen LogP contribution in [0.15, 0.2) is 73.1 Å². The van der Waals surface area contributed by atoms with E-state index >= 15 is 0 Å². The fourth-order valence-corrected chi connectivity index (χ4v) is 2.88. The lowest BCUT2D eigenvalue weighted by molar-refractivity contribution is 0.0953. The Kier molecular flexibility index (Phi) is 7.01. The third-order valence-electron chi connectivity index (χ3n) is 4.24. The number of nitrogens with one attached hydrogen (secondary N) is 2. The Hall–Kier alpha value is -3.34. The highest BCUT2D eigenvalue weighted by molar-refractivity contribution is 5.94. The second-order valence-corrected chi connectivity index (χ2v) is 6.36. The number of anilines is 2. The summed E-state index contributed by atoms with van der Waals surface area (Å²) in [7, 11) is 0. The van der Waals surface area contributed by atoms with Crippen LogP contribution in [0.4, 0.5) is 11.4 Å². The number of aryl methyl sites for hydroxylation is 1. The van der Waals surface area contributed by atoms with Crippen LogP contribution in [0, 0.1) is 0 Å². The summed E-state index contributed by atoms with van der Waals surface area (Å²) < 4.78 is 5.63. The molecule has 5 nitrogen and oxygen atoms in total. The maximum absolute atomic E-state index is 12.4. The van der Waals surface area contributed by atoms with Crippen LogP contribution in [0.5, 0.6) is 5.75 Å². The number of rotatable bonds is 9. The SMILES string of the molecule is CCOc1ccccc1Nc1cncc(C(=O)NCCCc2ccccc2)c1. The van der Waals surface area contributed by atoms with E-state index in [1.165, 1.54) is 5.56 Å². The first kappa shape index (κ1) is 19.4. The molecule has 0 spiro atoms. The van der Waals surface area contributed by atoms with Gasteiger partial charge in [0.1, 0.15) is 5.75 Å². The Bertz CT molecular complexity index is 897. The molecule has 0 saturated heterocycles. The molecule has 28 heavy (non-hydrogen) atoms. The van der Waals surface area contributed by atoms with Gasteiger partial charge < -0.3 is 15.4 Å². The van der Waals surface area contributed by atoms with Crippen LogP contribution in [-0.2, 0) is 6.42 Å². The lowest BCUT2D eigenvalue weighted by Gasteiger charge is -2.12. The van der Waals surface area contributed by atoms with Crippen LogP contribution >= 0.6 is 0 Å². The number of benzene rings is 2. The van der Waals surface area contributed by atoms with Crippen molar-refractivity contribution < 1.29 is 9.53 Å². The molecular weight excluding hydrogens is 350 g/mol. The van der Waals surface area contributed by atoms with Crippen molar-refractivity contribution in [3.8, 4) is 5.75 Å². The number of para-hydroxylation sites is 2. The van der Waals surface area contributed by atoms with E-state index in [1.807, 2.05) is 49.4 Å². The van der Waals surface area contributed by atoms with Crippen molar-refractivity contribution in [1.29, 1.82) is 0 Å². The predicted molar refractivity (Wildman–Crippen MR) is 112 cm³/mol. The van der Waals surface area contributed by atoms with Crippen LogP contribution in [0.25, 0.3) is 0 Å². The molecular formula is C23H25N3O2. The van der Waals surface area contributed by atoms with Gasteiger partial charge in [-0.3, -0.25) is 9.78 Å². The normalized spacial score (nSPS) is 10.3. The molecule has 3 aromatic rings. The summed E-state index contributed by atoms with van der Waals surface area (Å²) in [6.07, 6.45) is 5.10. The molecule has 0 atom stereocenters. The lowest BCUT2D eigenvalue weighted by Crippen LogP contribution is -2.25. The first-order valence-electron chi connectivity index (χ1n) is 9.52. The van der Waals surface area contributed by atoms with Gasteiger partial charge in [0.25, 0.3) is 5.91 Å². The molecule has 3 rings (SSSR count). The Labute approximate surface area is 165 Å². The zero-order valence-corrected chi connectivity index (χ0v) is 16.0. The molecule has 2 N–H and O–H groups in total. The molecule has 0 aliphatic heterocycles. The molecule has 1 amide bonds. The number of ether oxygens (including phenoxy) is 1. The summed E-state index contributed by atoms with van der Waals surface area (Å²) >= 11 is 0. The minimum atomic E-state index is -0.123. The van der Waals surface area contributed by atoms with Crippen LogP contribution in [0.3, 0.4) is 0 Å². The molecule has 5 heteroatoms. The minimum absolute atomic E-state index is 0.123. The first-order valence-corrected chi connectivity index (χ1v) is 9.52. The third-order valence-corrected chi connectivity index (χ3v) is 4.24. The van der Waals surface area contributed by atoms with Crippen LogP contribution in [0.1, 0.15) is 29.3 Å². The van der Waals surface area contributed by atoms with Gasteiger partial charge in [-0.15, -0.1) is 0 Å². The first-order chi connectivity index (χ1) is 13.8. The zero-order valence-electron chi connectivity index (χ0n) is 16.0. The largest absolute Gasteiger partial charge is 0.492 e. The highest BCUT2D eigenvalue weighted by atomic mass is 16.5. The Morgan fingerprint density at radius 3 is 2.64 bits per heavy atom. The average molecular weight is 375 g/mol. The second-order valence-electron chi connectivity index (χ2n) is 6.36. The summed E-state index contributed by atoms with van der Waals surface area (Å²) in [5, 5.41) is 6.23. The van der Waals surface area contributed by atoms with Crippen molar-refractivity contribution in [2.75, 3.05) is 18.5 Å². The lowest BCUT2D eigenvalue weighted by atomic mass is 10.1. The van der Waals surface area contributed by atoms with E-state index in [-0.39, 0.29) is 5.91 Å². The van der Waals surface area contributed by atoms with Gasteiger partial charge in [-0.1, -0.05) is 42.5 Å². The molecule has 0 radical (unpaired) electrons. The van der Waals surface area contributed by atoms with Gasteiger partial charge in [0.05, 0.1) is 29.7 Å². The van der Waals surface area contributed by atoms with Gasteiger partial charge in [0.2, 0.25) is 0 Å². The van der Waals surface area contributed by atoms with E-state index < -0.39 is 0 Å². The van der Waals surface area contributed by atoms with Gasteiger partial charge in [-0.05, 0) is 43.5 Å². The van der Waals surface area contributed by atoms with Crippen LogP contribution < -0.4 is 15.4 Å². The monoisotopic (exact) mass is 375 g/mol. The zero-order chi connectivity index (χ0) is 19.6. The van der Waals surface area contributed by atoms with Crippen LogP contribution in [0.2, 0.25) is 0 Å². The molecule has 0 unspecified atom stereocenters. The third kappa shape index (κ3) is 5.58. The van der Waals surface area contributed by atoms with E-state index in [9.17, 15) is 4.79 Å². The number of hydrogen-bond donors (Lipinski definition) is 2. The van der Waals surface area contributed by atoms with Gasteiger partial charge in [-0.25, -0.2) is 0 Å². The van der Waals surface area contributed by atoms with E-state index in [1.54, 1.807) is 18.5 Å². The summed E-state index contributed by atoms with van der Waals surface area (Å²) in [5.41, 5.74) is 3.38. The maximum atomic E-state index is 12.4. The van der Waals surface area contributed by atoms with Crippen molar-refractivity contribution in [1.82, 2.24) is 10.3 Å². The summed E-state index contributed by atoms with van der Waals surface area (Å²) in [6, 6.07) is 19.7. The molecule has 0 saturated carbocycles. The molecule has 2 aromatic carbocycles. The fraction of sp³-hybridized carbons (Fsp3) is 0.217. The molecule has 1 heterocycles. The summed E-state index contributed by atoms with van der Waals surface area (Å²) in [6.45, 7) is 3.15. The number of pyridine rings is 1. The number of nitrogens with zero attached hydrogens (tertiary/aromatic N) is 1. The molecule has 0 fully saturated rings. The summed E-state index contributed by atoms with van der Waals surface area (Å²) in [4.78, 5) is 16.6. The van der Waals surface area contributed by atoms with E-state index in [2.05, 4.69) is 27.8 Å². The van der Waals surface area contributed by atoms with Gasteiger partial charge in [-0.2, -0.15) is 0 Å². The van der Waals surface area contributed by atoms with Gasteiger partial charge >= 0.3 is 0 Å². The van der Waals surface area contributed by atoms with Gasteiger partial charge in [0.15, 0.2) is 0 Å². The number of aromatic nitrogens is 1. The van der Waals surface area contributed by atoms with E-state index in [4.69, 9.17) is 4.74 Å². The second kappa shape index (κ2) is 10.1. The van der Waals surface area contributed by atoms with Crippen molar-refractivity contribution in [2.24, 2.45) is 0 Å². The van der Waals surface area contributed by atoms with E-state index in [0.29, 0.717) is 18.7 Å². The highest BCUT2D eigenvalue weighted by Gasteiger charge is 2.08. The Morgan fingerprint density at radius 2 is 1.82 bits per heavy atom. The highest BCUT2D eigenvalue weighted by Crippen LogP contribution is 2.27. The standard InChI is InChI=1S/C23H25N3O2/c1-2-28-22-13-7-6-12-21(22)26-20-15-19(16-24-17-20)23(27)25-14-8-11-18-9-4-3-5-10-18/h3-7,9-10,12-13,15-17,26H,2,8,11,14H2,1H3,(H,25,27). The molecule has 0 aliphatic carbocycles. The fourth-order valence-electron chi connectivity index (χ4n) is 2.88. The quantitative estimate of drug-likeness (QED) is 0.537. The van der Waals surface area contributed by atoms with Crippen molar-refractivity contribution >= 4 is 17.3 Å². The summed E-state index contributed by atoms with van der Waals surface area (Å²) in [5.74, 6) is 0.642. The van der Waals surface area contributed by atoms with Gasteiger partial charge in [0, 0.05) is 12.7 Å². The topological polar surface area (TPSA) is 63.2 Å². The number of carbonyl (C=O) groups excluding carboxylic acids is 1. The average Bonchev–Trinajstić information content (AvgIpc) is 2.74. The minimum Gasteiger partial charge on any atom is -0.492 e. The molecule has 0 bridgehead atoms. The number of amides is 1. The molecule has 1 aromatic heterocycles. The van der Waals surface area contributed by atoms with E-state index in [0.717, 1.165) is 30.0 Å². The maximum Gasteiger partial charge on any atom is 0.252 e. The van der Waals surface area contributed by atoms with Crippen molar-refractivity contribution in [3.05, 3.63) is 84.2 Å².